The molecule has 160 valence electrons. The number of phenolic OH excluding ortho intramolecular Hbond substituents is 1. The predicted molar refractivity (Wildman–Crippen MR) is 110 cm³/mol. The molecule has 29 heavy (non-hydrogen) atoms. The minimum atomic E-state index is -5.12. The average Bonchev–Trinajstić information content (AvgIpc) is 2.62. The summed E-state index contributed by atoms with van der Waals surface area (Å²) in [6.45, 7) is 4.08. The van der Waals surface area contributed by atoms with Gasteiger partial charge in [-0.25, -0.2) is 0 Å². The second-order valence-electron chi connectivity index (χ2n) is 6.89. The van der Waals surface area contributed by atoms with E-state index in [2.05, 4.69) is 6.92 Å². The maximum atomic E-state index is 12.1. The number of benzene rings is 2. The van der Waals surface area contributed by atoms with E-state index in [9.17, 15) is 31.0 Å². The van der Waals surface area contributed by atoms with Crippen molar-refractivity contribution in [2.45, 2.75) is 62.2 Å². The average molecular weight is 443 g/mol. The molecular formula is C20H26O7S2. The summed E-state index contributed by atoms with van der Waals surface area (Å²) in [7, 11) is -10.2. The first-order valence-electron chi connectivity index (χ1n) is 9.44. The molecule has 0 aliphatic rings. The number of aromatic hydroxyl groups is 1. The van der Waals surface area contributed by atoms with Gasteiger partial charge in [0.05, 0.1) is 0 Å². The van der Waals surface area contributed by atoms with E-state index in [0.29, 0.717) is 12.0 Å². The fourth-order valence-electron chi connectivity index (χ4n) is 3.41. The second kappa shape index (κ2) is 9.25. The van der Waals surface area contributed by atoms with E-state index in [0.717, 1.165) is 49.3 Å². The summed E-state index contributed by atoms with van der Waals surface area (Å²) in [5, 5.41) is 9.93. The molecule has 7 nitrogen and oxygen atoms in total. The third-order valence-electron chi connectivity index (χ3n) is 4.75. The molecule has 0 aliphatic heterocycles. The number of phenols is 1. The van der Waals surface area contributed by atoms with Crippen LogP contribution in [0.5, 0.6) is 5.75 Å². The van der Waals surface area contributed by atoms with Crippen LogP contribution in [0.25, 0.3) is 11.1 Å². The summed E-state index contributed by atoms with van der Waals surface area (Å²) in [6, 6.07) is 7.57. The lowest BCUT2D eigenvalue weighted by atomic mass is 9.90. The maximum absolute atomic E-state index is 12.1. The number of unbranched alkanes of at least 4 members (excludes halogenated alkanes) is 2. The number of aryl methyl sites for hydroxylation is 1. The van der Waals surface area contributed by atoms with Crippen LogP contribution in [0.2, 0.25) is 0 Å². The summed E-state index contributed by atoms with van der Waals surface area (Å²) in [4.78, 5) is -2.25. The molecule has 0 aromatic heterocycles. The highest BCUT2D eigenvalue weighted by molar-refractivity contribution is 7.89. The zero-order valence-electron chi connectivity index (χ0n) is 16.4. The van der Waals surface area contributed by atoms with Crippen molar-refractivity contribution in [1.29, 1.82) is 0 Å². The van der Waals surface area contributed by atoms with Crippen molar-refractivity contribution in [3.8, 4) is 16.9 Å². The van der Waals surface area contributed by atoms with Crippen LogP contribution >= 0.6 is 0 Å². The van der Waals surface area contributed by atoms with E-state index < -0.39 is 35.8 Å². The topological polar surface area (TPSA) is 129 Å². The normalized spacial score (nSPS) is 12.3. The molecule has 2 aromatic carbocycles. The molecule has 0 bridgehead atoms. The van der Waals surface area contributed by atoms with Gasteiger partial charge in [-0.15, -0.1) is 0 Å². The molecule has 0 radical (unpaired) electrons. The molecule has 0 spiro atoms. The van der Waals surface area contributed by atoms with Gasteiger partial charge in [0.1, 0.15) is 10.6 Å². The van der Waals surface area contributed by atoms with E-state index in [-0.39, 0.29) is 5.56 Å². The number of hydrogen-bond donors (Lipinski definition) is 3. The van der Waals surface area contributed by atoms with Crippen LogP contribution in [0, 0.1) is 0 Å². The Morgan fingerprint density at radius 3 is 1.90 bits per heavy atom. The van der Waals surface area contributed by atoms with Crippen LogP contribution in [-0.4, -0.2) is 31.0 Å². The van der Waals surface area contributed by atoms with Gasteiger partial charge in [-0.05, 0) is 54.5 Å². The Labute approximate surface area is 171 Å². The van der Waals surface area contributed by atoms with Crippen molar-refractivity contribution in [3.05, 3.63) is 41.5 Å². The van der Waals surface area contributed by atoms with E-state index in [1.165, 1.54) is 6.07 Å². The molecule has 0 fully saturated rings. The van der Waals surface area contributed by atoms with Crippen molar-refractivity contribution in [2.75, 3.05) is 0 Å². The summed E-state index contributed by atoms with van der Waals surface area (Å²) in [5.74, 6) is -0.957. The van der Waals surface area contributed by atoms with Gasteiger partial charge in [0.2, 0.25) is 0 Å². The highest BCUT2D eigenvalue weighted by Crippen LogP contribution is 2.40. The van der Waals surface area contributed by atoms with Crippen LogP contribution in [0.15, 0.2) is 40.1 Å². The van der Waals surface area contributed by atoms with E-state index in [4.69, 9.17) is 0 Å². The van der Waals surface area contributed by atoms with Gasteiger partial charge in [-0.2, -0.15) is 16.8 Å². The molecule has 0 saturated carbocycles. The SMILES string of the molecule is CCCCc1cccc(-c2ccc(O)c(S(=O)(=O)O)c2S(=O)(=O)O)c1CCCC. The third kappa shape index (κ3) is 5.36. The van der Waals surface area contributed by atoms with Crippen LogP contribution in [0.1, 0.15) is 50.7 Å². The molecule has 2 rings (SSSR count). The quantitative estimate of drug-likeness (QED) is 0.495. The van der Waals surface area contributed by atoms with E-state index in [1.54, 1.807) is 12.1 Å². The Bertz CT molecular complexity index is 1090. The second-order valence-corrected chi connectivity index (χ2v) is 9.61. The largest absolute Gasteiger partial charge is 0.506 e. The van der Waals surface area contributed by atoms with Crippen molar-refractivity contribution >= 4 is 20.2 Å². The van der Waals surface area contributed by atoms with Crippen LogP contribution in [0.3, 0.4) is 0 Å². The zero-order valence-corrected chi connectivity index (χ0v) is 18.1. The molecule has 0 heterocycles. The summed E-state index contributed by atoms with van der Waals surface area (Å²) in [5.41, 5.74) is 2.24. The van der Waals surface area contributed by atoms with Gasteiger partial charge in [-0.1, -0.05) is 44.9 Å². The zero-order chi connectivity index (χ0) is 21.8. The van der Waals surface area contributed by atoms with Gasteiger partial charge < -0.3 is 5.11 Å². The Kier molecular flexibility index (Phi) is 7.45. The standard InChI is InChI=1S/C20H26O7S2/c1-3-5-8-14-9-7-11-16(15(14)10-6-4-2)17-12-13-18(21)20(29(25,26)27)19(17)28(22,23)24/h7,9,11-13,21H,3-6,8,10H2,1-2H3,(H,22,23,24)(H,25,26,27). The summed E-state index contributed by atoms with van der Waals surface area (Å²) >= 11 is 0. The van der Waals surface area contributed by atoms with E-state index in [1.807, 2.05) is 13.0 Å². The van der Waals surface area contributed by atoms with Gasteiger partial charge in [0.15, 0.2) is 4.90 Å². The maximum Gasteiger partial charge on any atom is 0.299 e. The monoisotopic (exact) mass is 442 g/mol. The molecule has 0 saturated heterocycles. The van der Waals surface area contributed by atoms with Gasteiger partial charge >= 0.3 is 0 Å². The molecule has 3 N–H and O–H groups in total. The lowest BCUT2D eigenvalue weighted by molar-refractivity contribution is 0.431. The molecule has 9 heteroatoms. The summed E-state index contributed by atoms with van der Waals surface area (Å²) in [6.07, 6.45) is 5.05. The first-order valence-corrected chi connectivity index (χ1v) is 12.3. The van der Waals surface area contributed by atoms with Crippen molar-refractivity contribution in [1.82, 2.24) is 0 Å². The fraction of sp³-hybridized carbons (Fsp3) is 0.400. The number of hydrogen-bond acceptors (Lipinski definition) is 5. The highest BCUT2D eigenvalue weighted by Gasteiger charge is 2.32. The molecule has 0 amide bonds. The summed E-state index contributed by atoms with van der Waals surface area (Å²) < 4.78 is 67.0. The molecule has 2 aromatic rings. The lowest BCUT2D eigenvalue weighted by Crippen LogP contribution is -2.11. The Morgan fingerprint density at radius 2 is 1.34 bits per heavy atom. The Balaban J connectivity index is 2.91. The third-order valence-corrected chi connectivity index (χ3v) is 6.75. The van der Waals surface area contributed by atoms with Crippen LogP contribution in [0.4, 0.5) is 0 Å². The van der Waals surface area contributed by atoms with E-state index >= 15 is 0 Å². The fourth-order valence-corrected chi connectivity index (χ4v) is 5.51. The molecular weight excluding hydrogens is 416 g/mol. The molecule has 0 unspecified atom stereocenters. The van der Waals surface area contributed by atoms with Gasteiger partial charge in [-0.3, -0.25) is 9.11 Å². The number of rotatable bonds is 9. The van der Waals surface area contributed by atoms with Crippen molar-refractivity contribution < 1.29 is 31.0 Å². The van der Waals surface area contributed by atoms with Crippen LogP contribution < -0.4 is 0 Å². The molecule has 0 atom stereocenters. The van der Waals surface area contributed by atoms with Crippen molar-refractivity contribution in [2.24, 2.45) is 0 Å². The Hall–Kier alpha value is -1.94. The Morgan fingerprint density at radius 1 is 0.759 bits per heavy atom. The van der Waals surface area contributed by atoms with Crippen LogP contribution in [-0.2, 0) is 33.1 Å². The lowest BCUT2D eigenvalue weighted by Gasteiger charge is -2.18. The smallest absolute Gasteiger partial charge is 0.299 e. The first kappa shape index (κ1) is 23.3. The molecule has 0 aliphatic carbocycles. The van der Waals surface area contributed by atoms with Gasteiger partial charge in [0.25, 0.3) is 20.2 Å². The van der Waals surface area contributed by atoms with Crippen molar-refractivity contribution in [3.63, 3.8) is 0 Å². The first-order chi connectivity index (χ1) is 13.5. The minimum Gasteiger partial charge on any atom is -0.506 e. The highest BCUT2D eigenvalue weighted by atomic mass is 32.2. The van der Waals surface area contributed by atoms with Gasteiger partial charge in [0, 0.05) is 5.56 Å². The minimum absolute atomic E-state index is 0.0811. The predicted octanol–water partition coefficient (Wildman–Crippen LogP) is 4.24.